The van der Waals surface area contributed by atoms with Crippen LogP contribution in [0.5, 0.6) is 5.75 Å². The van der Waals surface area contributed by atoms with Crippen molar-refractivity contribution in [3.8, 4) is 5.75 Å². The monoisotopic (exact) mass is 425 g/mol. The fourth-order valence-corrected chi connectivity index (χ4v) is 4.64. The fraction of sp³-hybridized carbons (Fsp3) is 0.118. The highest BCUT2D eigenvalue weighted by Crippen LogP contribution is 2.33. The molecule has 1 heterocycles. The van der Waals surface area contributed by atoms with Crippen molar-refractivity contribution in [3.63, 3.8) is 0 Å². The highest BCUT2D eigenvalue weighted by atomic mass is 79.9. The number of hydrogen-bond acceptors (Lipinski definition) is 4. The highest BCUT2D eigenvalue weighted by Gasteiger charge is 2.22. The van der Waals surface area contributed by atoms with Gasteiger partial charge >= 0.3 is 10.1 Å². The summed E-state index contributed by atoms with van der Waals surface area (Å²) in [7, 11) is -4.02. The third-order valence-electron chi connectivity index (χ3n) is 3.70. The first-order valence-corrected chi connectivity index (χ1v) is 9.62. The molecule has 0 unspecified atom stereocenters. The third kappa shape index (κ3) is 3.14. The average Bonchev–Trinajstić information content (AvgIpc) is 2.53. The molecule has 3 rings (SSSR count). The van der Waals surface area contributed by atoms with E-state index in [0.717, 1.165) is 11.1 Å². The van der Waals surface area contributed by atoms with E-state index in [4.69, 9.17) is 15.8 Å². The van der Waals surface area contributed by atoms with Gasteiger partial charge in [-0.25, -0.2) is 0 Å². The molecule has 24 heavy (non-hydrogen) atoms. The number of benzene rings is 2. The Morgan fingerprint density at radius 3 is 2.58 bits per heavy atom. The van der Waals surface area contributed by atoms with Gasteiger partial charge in [-0.15, -0.1) is 0 Å². The lowest BCUT2D eigenvalue weighted by Gasteiger charge is -2.12. The molecule has 0 atom stereocenters. The second kappa shape index (κ2) is 6.35. The van der Waals surface area contributed by atoms with Crippen LogP contribution in [0, 0.1) is 13.8 Å². The van der Waals surface area contributed by atoms with Crippen molar-refractivity contribution in [2.24, 2.45) is 0 Å². The quantitative estimate of drug-likeness (QED) is 0.551. The Labute approximate surface area is 153 Å². The van der Waals surface area contributed by atoms with E-state index in [-0.39, 0.29) is 10.6 Å². The zero-order valence-corrected chi connectivity index (χ0v) is 16.0. The van der Waals surface area contributed by atoms with Crippen LogP contribution < -0.4 is 4.18 Å². The predicted molar refractivity (Wildman–Crippen MR) is 98.2 cm³/mol. The summed E-state index contributed by atoms with van der Waals surface area (Å²) in [5.74, 6) is 0.139. The molecule has 0 aliphatic rings. The van der Waals surface area contributed by atoms with Crippen LogP contribution in [0.25, 0.3) is 10.9 Å². The molecule has 0 saturated carbocycles. The van der Waals surface area contributed by atoms with Crippen molar-refractivity contribution in [3.05, 3.63) is 63.2 Å². The minimum absolute atomic E-state index is 0.0737. The molecule has 0 radical (unpaired) electrons. The summed E-state index contributed by atoms with van der Waals surface area (Å²) in [4.78, 5) is 4.26. The topological polar surface area (TPSA) is 56.3 Å². The largest absolute Gasteiger partial charge is 0.377 e. The zero-order chi connectivity index (χ0) is 17.5. The molecule has 124 valence electrons. The van der Waals surface area contributed by atoms with Crippen LogP contribution in [-0.4, -0.2) is 13.4 Å². The van der Waals surface area contributed by atoms with E-state index in [1.54, 1.807) is 36.5 Å². The normalized spacial score (nSPS) is 11.7. The number of aryl methyl sites for hydroxylation is 2. The molecule has 1 aromatic heterocycles. The van der Waals surface area contributed by atoms with Gasteiger partial charge in [0.05, 0.1) is 5.02 Å². The Balaban J connectivity index is 2.12. The summed E-state index contributed by atoms with van der Waals surface area (Å²) in [5, 5.41) is 1.11. The number of pyridine rings is 1. The summed E-state index contributed by atoms with van der Waals surface area (Å²) in [6, 6.07) is 9.92. The summed E-state index contributed by atoms with van der Waals surface area (Å²) >= 11 is 9.42. The van der Waals surface area contributed by atoms with Gasteiger partial charge in [0.2, 0.25) is 0 Å². The molecule has 0 amide bonds. The van der Waals surface area contributed by atoms with Gasteiger partial charge in [0.25, 0.3) is 0 Å². The molecule has 0 aliphatic heterocycles. The lowest BCUT2D eigenvalue weighted by Crippen LogP contribution is -2.11. The number of aromatic nitrogens is 1. The van der Waals surface area contributed by atoms with Crippen LogP contribution in [0.4, 0.5) is 0 Å². The van der Waals surface area contributed by atoms with Crippen LogP contribution in [0.15, 0.2) is 52.0 Å². The Morgan fingerprint density at radius 2 is 1.83 bits per heavy atom. The zero-order valence-electron chi connectivity index (χ0n) is 12.9. The fourth-order valence-electron chi connectivity index (χ4n) is 2.29. The number of fused-ring (bicyclic) bond motifs is 1. The molecule has 0 N–H and O–H groups in total. The van der Waals surface area contributed by atoms with E-state index in [1.807, 2.05) is 13.8 Å². The second-order valence-corrected chi connectivity index (χ2v) is 8.13. The maximum Gasteiger partial charge on any atom is 0.340 e. The van der Waals surface area contributed by atoms with Gasteiger partial charge in [-0.1, -0.05) is 11.6 Å². The first-order chi connectivity index (χ1) is 11.3. The van der Waals surface area contributed by atoms with Gasteiger partial charge in [-0.3, -0.25) is 4.98 Å². The number of rotatable bonds is 3. The van der Waals surface area contributed by atoms with Crippen molar-refractivity contribution in [2.45, 2.75) is 18.7 Å². The standard InChI is InChI=1S/C17H13BrClNO3S/c1-10-8-13(18)16(9-11(10)2)24(21,22)23-15-6-5-14(19)12-4-3-7-20-17(12)15/h3-9H,1-2H3. The van der Waals surface area contributed by atoms with Crippen LogP contribution in [-0.2, 0) is 10.1 Å². The van der Waals surface area contributed by atoms with Crippen LogP contribution >= 0.6 is 27.5 Å². The summed E-state index contributed by atoms with van der Waals surface area (Å²) in [6.07, 6.45) is 1.56. The molecule has 0 fully saturated rings. The summed E-state index contributed by atoms with van der Waals surface area (Å²) in [5.41, 5.74) is 2.24. The minimum atomic E-state index is -4.02. The first kappa shape index (κ1) is 17.2. The lowest BCUT2D eigenvalue weighted by molar-refractivity contribution is 0.487. The molecule has 2 aromatic carbocycles. The molecular formula is C17H13BrClNO3S. The molecular weight excluding hydrogens is 414 g/mol. The van der Waals surface area contributed by atoms with E-state index in [2.05, 4.69) is 20.9 Å². The Bertz CT molecular complexity index is 1050. The SMILES string of the molecule is Cc1cc(Br)c(S(=O)(=O)Oc2ccc(Cl)c3cccnc23)cc1C. The van der Waals surface area contributed by atoms with E-state index >= 15 is 0 Å². The van der Waals surface area contributed by atoms with Crippen molar-refractivity contribution < 1.29 is 12.6 Å². The highest BCUT2D eigenvalue weighted by molar-refractivity contribution is 9.10. The smallest absolute Gasteiger partial charge is 0.340 e. The van der Waals surface area contributed by atoms with Crippen LogP contribution in [0.1, 0.15) is 11.1 Å². The molecule has 0 bridgehead atoms. The van der Waals surface area contributed by atoms with Crippen LogP contribution in [0.2, 0.25) is 5.02 Å². The van der Waals surface area contributed by atoms with Gasteiger partial charge in [0.1, 0.15) is 10.4 Å². The molecule has 0 spiro atoms. The average molecular weight is 427 g/mol. The molecule has 0 aliphatic carbocycles. The predicted octanol–water partition coefficient (Wildman–Crippen LogP) is 5.04. The second-order valence-electron chi connectivity index (χ2n) is 5.35. The molecule has 0 saturated heterocycles. The van der Waals surface area contributed by atoms with Crippen molar-refractivity contribution >= 4 is 48.6 Å². The number of halogens is 2. The van der Waals surface area contributed by atoms with Gasteiger partial charge in [0.15, 0.2) is 5.75 Å². The van der Waals surface area contributed by atoms with E-state index < -0.39 is 10.1 Å². The third-order valence-corrected chi connectivity index (χ3v) is 6.22. The lowest BCUT2D eigenvalue weighted by atomic mass is 10.1. The van der Waals surface area contributed by atoms with E-state index in [9.17, 15) is 8.42 Å². The molecule has 3 aromatic rings. The first-order valence-electron chi connectivity index (χ1n) is 7.04. The van der Waals surface area contributed by atoms with Crippen molar-refractivity contribution in [1.82, 2.24) is 4.98 Å². The Kier molecular flexibility index (Phi) is 4.55. The Morgan fingerprint density at radius 1 is 1.12 bits per heavy atom. The van der Waals surface area contributed by atoms with Crippen molar-refractivity contribution in [2.75, 3.05) is 0 Å². The minimum Gasteiger partial charge on any atom is -0.377 e. The van der Waals surface area contributed by atoms with Crippen LogP contribution in [0.3, 0.4) is 0 Å². The Hall–Kier alpha value is -1.63. The van der Waals surface area contributed by atoms with Crippen molar-refractivity contribution in [1.29, 1.82) is 0 Å². The summed E-state index contributed by atoms with van der Waals surface area (Å²) in [6.45, 7) is 3.76. The molecule has 7 heteroatoms. The number of nitrogens with zero attached hydrogens (tertiary/aromatic N) is 1. The maximum absolute atomic E-state index is 12.7. The maximum atomic E-state index is 12.7. The molecule has 4 nitrogen and oxygen atoms in total. The van der Waals surface area contributed by atoms with Gasteiger partial charge in [-0.05, 0) is 77.3 Å². The van der Waals surface area contributed by atoms with Gasteiger partial charge in [0, 0.05) is 16.1 Å². The number of hydrogen-bond donors (Lipinski definition) is 0. The summed E-state index contributed by atoms with van der Waals surface area (Å²) < 4.78 is 31.2. The van der Waals surface area contributed by atoms with Gasteiger partial charge < -0.3 is 4.18 Å². The van der Waals surface area contributed by atoms with E-state index in [1.165, 1.54) is 6.07 Å². The van der Waals surface area contributed by atoms with E-state index in [0.29, 0.717) is 20.4 Å². The van der Waals surface area contributed by atoms with Gasteiger partial charge in [-0.2, -0.15) is 8.42 Å².